The molecule has 1 aromatic heterocycles. The standard InChI is InChI=1S/C11H14N4O3S/c1-14-7-13-10(12)11(14)19(17,18)15(2)8-3-5-9(16)6-4-8/h3-7,16H,12H2,1-2H3. The summed E-state index contributed by atoms with van der Waals surface area (Å²) in [5, 5.41) is 9.14. The van der Waals surface area contributed by atoms with Crippen LogP contribution in [0.3, 0.4) is 0 Å². The van der Waals surface area contributed by atoms with Crippen molar-refractivity contribution in [2.24, 2.45) is 7.05 Å². The number of aromatic nitrogens is 2. The van der Waals surface area contributed by atoms with E-state index in [1.807, 2.05) is 0 Å². The predicted octanol–water partition coefficient (Wildman–Crippen LogP) is 0.533. The van der Waals surface area contributed by atoms with Crippen LogP contribution >= 0.6 is 0 Å². The van der Waals surface area contributed by atoms with Gasteiger partial charge in [-0.25, -0.2) is 4.98 Å². The van der Waals surface area contributed by atoms with Gasteiger partial charge in [-0.05, 0) is 24.3 Å². The smallest absolute Gasteiger partial charge is 0.283 e. The number of aromatic hydroxyl groups is 1. The Balaban J connectivity index is 2.48. The molecule has 0 saturated carbocycles. The van der Waals surface area contributed by atoms with Crippen molar-refractivity contribution in [2.75, 3.05) is 17.1 Å². The summed E-state index contributed by atoms with van der Waals surface area (Å²) in [6, 6.07) is 5.82. The molecule has 0 bridgehead atoms. The van der Waals surface area contributed by atoms with Gasteiger partial charge in [-0.1, -0.05) is 0 Å². The minimum absolute atomic E-state index is 0.0480. The first-order valence-corrected chi connectivity index (χ1v) is 6.83. The van der Waals surface area contributed by atoms with Crippen LogP contribution in [0.4, 0.5) is 11.5 Å². The lowest BCUT2D eigenvalue weighted by atomic mass is 10.3. The molecule has 3 N–H and O–H groups in total. The van der Waals surface area contributed by atoms with Crippen molar-refractivity contribution in [1.29, 1.82) is 0 Å². The number of nitrogens with two attached hydrogens (primary N) is 1. The Kier molecular flexibility index (Phi) is 3.11. The number of imidazole rings is 1. The minimum Gasteiger partial charge on any atom is -0.508 e. The van der Waals surface area contributed by atoms with Crippen molar-refractivity contribution in [2.45, 2.75) is 5.03 Å². The molecule has 0 unspecified atom stereocenters. The summed E-state index contributed by atoms with van der Waals surface area (Å²) in [4.78, 5) is 3.77. The number of hydrogen-bond donors (Lipinski definition) is 2. The highest BCUT2D eigenvalue weighted by Gasteiger charge is 2.27. The Morgan fingerprint density at radius 2 is 1.89 bits per heavy atom. The number of sulfonamides is 1. The topological polar surface area (TPSA) is 101 Å². The van der Waals surface area contributed by atoms with Crippen molar-refractivity contribution in [3.05, 3.63) is 30.6 Å². The minimum atomic E-state index is -3.80. The number of aryl methyl sites for hydroxylation is 1. The van der Waals surface area contributed by atoms with Gasteiger partial charge in [0, 0.05) is 14.1 Å². The van der Waals surface area contributed by atoms with E-state index >= 15 is 0 Å². The molecule has 0 spiro atoms. The van der Waals surface area contributed by atoms with Crippen LogP contribution < -0.4 is 10.0 Å². The van der Waals surface area contributed by atoms with E-state index in [9.17, 15) is 13.5 Å². The third kappa shape index (κ3) is 2.22. The van der Waals surface area contributed by atoms with Crippen LogP contribution in [-0.2, 0) is 17.1 Å². The van der Waals surface area contributed by atoms with Crippen LogP contribution in [0.15, 0.2) is 35.6 Å². The zero-order valence-electron chi connectivity index (χ0n) is 10.5. The van der Waals surface area contributed by atoms with Crippen molar-refractivity contribution < 1.29 is 13.5 Å². The second-order valence-electron chi connectivity index (χ2n) is 4.03. The summed E-state index contributed by atoms with van der Waals surface area (Å²) in [6.07, 6.45) is 1.34. The summed E-state index contributed by atoms with van der Waals surface area (Å²) in [6.45, 7) is 0. The van der Waals surface area contributed by atoms with Crippen LogP contribution in [0.25, 0.3) is 0 Å². The maximum Gasteiger partial charge on any atom is 0.283 e. The first-order valence-electron chi connectivity index (χ1n) is 5.39. The molecule has 0 fully saturated rings. The average Bonchev–Trinajstić information content (AvgIpc) is 2.69. The van der Waals surface area contributed by atoms with Gasteiger partial charge in [0.1, 0.15) is 5.75 Å². The van der Waals surface area contributed by atoms with E-state index in [1.165, 1.54) is 42.2 Å². The average molecular weight is 282 g/mol. The molecular formula is C11H14N4O3S. The van der Waals surface area contributed by atoms with Crippen LogP contribution in [0, 0.1) is 0 Å². The predicted molar refractivity (Wildman–Crippen MR) is 71.3 cm³/mol. The van der Waals surface area contributed by atoms with Crippen molar-refractivity contribution in [3.8, 4) is 5.75 Å². The van der Waals surface area contributed by atoms with E-state index in [1.54, 1.807) is 7.05 Å². The molecule has 1 heterocycles. The third-order valence-electron chi connectivity index (χ3n) is 2.73. The number of nitrogens with zero attached hydrogens (tertiary/aromatic N) is 3. The van der Waals surface area contributed by atoms with Gasteiger partial charge in [-0.3, -0.25) is 4.31 Å². The quantitative estimate of drug-likeness (QED) is 0.855. The van der Waals surface area contributed by atoms with Gasteiger partial charge < -0.3 is 15.4 Å². The zero-order valence-corrected chi connectivity index (χ0v) is 11.3. The van der Waals surface area contributed by atoms with Gasteiger partial charge in [0.05, 0.1) is 12.0 Å². The molecule has 0 atom stereocenters. The number of rotatable bonds is 3. The molecule has 102 valence electrons. The largest absolute Gasteiger partial charge is 0.508 e. The first kappa shape index (κ1) is 13.2. The SMILES string of the molecule is CN(c1ccc(O)cc1)S(=O)(=O)c1c(N)ncn1C. The molecule has 0 aliphatic rings. The lowest BCUT2D eigenvalue weighted by Crippen LogP contribution is -2.28. The Morgan fingerprint density at radius 3 is 2.37 bits per heavy atom. The van der Waals surface area contributed by atoms with E-state index in [4.69, 9.17) is 5.73 Å². The fraction of sp³-hybridized carbons (Fsp3) is 0.182. The van der Waals surface area contributed by atoms with E-state index < -0.39 is 10.0 Å². The van der Waals surface area contributed by atoms with Gasteiger partial charge in [-0.15, -0.1) is 0 Å². The molecule has 2 aromatic rings. The van der Waals surface area contributed by atoms with E-state index in [0.717, 1.165) is 4.31 Å². The van der Waals surface area contributed by atoms with E-state index in [-0.39, 0.29) is 16.6 Å². The Hall–Kier alpha value is -2.22. The molecule has 0 aliphatic heterocycles. The number of phenolic OH excluding ortho intramolecular Hbond substituents is 1. The Bertz CT molecular complexity index is 672. The summed E-state index contributed by atoms with van der Waals surface area (Å²) < 4.78 is 27.3. The zero-order chi connectivity index (χ0) is 14.2. The van der Waals surface area contributed by atoms with Crippen LogP contribution in [0.2, 0.25) is 0 Å². The molecular weight excluding hydrogens is 268 g/mol. The number of anilines is 2. The highest BCUT2D eigenvalue weighted by molar-refractivity contribution is 7.92. The van der Waals surface area contributed by atoms with Crippen LogP contribution in [0.1, 0.15) is 0 Å². The molecule has 7 nitrogen and oxygen atoms in total. The van der Waals surface area contributed by atoms with Crippen LogP contribution in [0.5, 0.6) is 5.75 Å². The maximum atomic E-state index is 12.4. The van der Waals surface area contributed by atoms with Gasteiger partial charge in [0.2, 0.25) is 0 Å². The summed E-state index contributed by atoms with van der Waals surface area (Å²) in [7, 11) is -0.828. The molecule has 0 saturated heterocycles. The second-order valence-corrected chi connectivity index (χ2v) is 5.92. The fourth-order valence-electron chi connectivity index (χ4n) is 1.68. The summed E-state index contributed by atoms with van der Waals surface area (Å²) >= 11 is 0. The van der Waals surface area contributed by atoms with Crippen molar-refractivity contribution >= 4 is 21.5 Å². The van der Waals surface area contributed by atoms with E-state index in [2.05, 4.69) is 4.98 Å². The van der Waals surface area contributed by atoms with Gasteiger partial charge >= 0.3 is 0 Å². The molecule has 2 rings (SSSR count). The number of phenols is 1. The monoisotopic (exact) mass is 282 g/mol. The highest BCUT2D eigenvalue weighted by Crippen LogP contribution is 2.25. The molecule has 0 radical (unpaired) electrons. The van der Waals surface area contributed by atoms with Gasteiger partial charge in [0.15, 0.2) is 10.8 Å². The lowest BCUT2D eigenvalue weighted by molar-refractivity contribution is 0.475. The van der Waals surface area contributed by atoms with Crippen LogP contribution in [-0.4, -0.2) is 30.1 Å². The summed E-state index contributed by atoms with van der Waals surface area (Å²) in [5.41, 5.74) is 6.00. The summed E-state index contributed by atoms with van der Waals surface area (Å²) in [5.74, 6) is 0.0164. The first-order chi connectivity index (χ1) is 8.84. The van der Waals surface area contributed by atoms with Crippen molar-refractivity contribution in [3.63, 3.8) is 0 Å². The Labute approximate surface area is 111 Å². The number of hydrogen-bond acceptors (Lipinski definition) is 5. The third-order valence-corrected chi connectivity index (χ3v) is 4.65. The molecule has 8 heteroatoms. The second kappa shape index (κ2) is 4.47. The van der Waals surface area contributed by atoms with Crippen molar-refractivity contribution in [1.82, 2.24) is 9.55 Å². The molecule has 19 heavy (non-hydrogen) atoms. The lowest BCUT2D eigenvalue weighted by Gasteiger charge is -2.19. The number of nitrogen functional groups attached to an aromatic ring is 1. The normalized spacial score (nSPS) is 11.5. The Morgan fingerprint density at radius 1 is 1.32 bits per heavy atom. The number of benzene rings is 1. The highest BCUT2D eigenvalue weighted by atomic mass is 32.2. The van der Waals surface area contributed by atoms with E-state index in [0.29, 0.717) is 5.69 Å². The molecule has 1 aromatic carbocycles. The molecule has 0 aliphatic carbocycles. The van der Waals surface area contributed by atoms with Gasteiger partial charge in [-0.2, -0.15) is 8.42 Å². The fourth-order valence-corrected chi connectivity index (χ4v) is 3.07. The maximum absolute atomic E-state index is 12.4. The molecule has 0 amide bonds. The van der Waals surface area contributed by atoms with Gasteiger partial charge in [0.25, 0.3) is 10.0 Å².